The summed E-state index contributed by atoms with van der Waals surface area (Å²) in [6, 6.07) is -2.92. The first-order chi connectivity index (χ1) is 54.6. The second-order valence-electron chi connectivity index (χ2n) is 25.9. The van der Waals surface area contributed by atoms with E-state index in [4.69, 9.17) is 36.6 Å². The van der Waals surface area contributed by atoms with E-state index in [1.807, 2.05) is 0 Å². The molecule has 23 heteroatoms. The van der Waals surface area contributed by atoms with E-state index in [-0.39, 0.29) is 124 Å². The SMILES string of the molecule is C=CCOP(=O)(OCCNC(=O)NCCOP(=O)(OCC=C)OC[C@@H](COCC[C@H](CCCCCCC)NC(=O)CCCCCCCCCCC)NC(=O)C#CC#CC#CC#CC#CC#CC)OC[C@@H](COCC[C@H](CCCCCCC)NC(=O)CCCCCCCCCCC)NC(=O)C#CC#CC#CC#CC#CC#CC.[HH].[HH].[HH].[HH].[HH].[HH].[HH].[HH].[HH].[HH].[HH].[HH].[HH].[HH].[HH].[HH].[HH].[HH].[HH].[HH].[HH].[HH].[HH].[HH]. The number of hydrogen-bond donors (Lipinski definition) is 6. The summed E-state index contributed by atoms with van der Waals surface area (Å²) in [6.07, 6.45) is 37.6. The molecule has 0 saturated heterocycles. The molecule has 0 aromatic heterocycles. The summed E-state index contributed by atoms with van der Waals surface area (Å²) in [5.41, 5.74) is 0. The Bertz CT molecular complexity index is 3480. The maximum Gasteiger partial charge on any atom is 0.475 e. The van der Waals surface area contributed by atoms with Gasteiger partial charge in [-0.3, -0.25) is 46.3 Å². The minimum atomic E-state index is -4.43. The Kier molecular flexibility index (Phi) is 71.9. The van der Waals surface area contributed by atoms with Gasteiger partial charge in [0.15, 0.2) is 0 Å². The Balaban J connectivity index is -0.000000223. The molecule has 0 aliphatic rings. The normalized spacial score (nSPS) is 12.0. The fourth-order valence-electron chi connectivity index (χ4n) is 10.3. The summed E-state index contributed by atoms with van der Waals surface area (Å²) in [4.78, 5) is 65.8. The lowest BCUT2D eigenvalue weighted by molar-refractivity contribution is -0.123. The lowest BCUT2D eigenvalue weighted by Crippen LogP contribution is -2.41. The molecule has 21 nitrogen and oxygen atoms in total. The smallest absolute Gasteiger partial charge is 0.379 e. The predicted molar refractivity (Wildman–Crippen MR) is 497 cm³/mol. The second kappa shape index (κ2) is 77.8. The van der Waals surface area contributed by atoms with E-state index in [0.29, 0.717) is 25.7 Å². The van der Waals surface area contributed by atoms with Gasteiger partial charge in [0.1, 0.15) is 0 Å². The number of phosphoric acid groups is 2. The van der Waals surface area contributed by atoms with Crippen molar-refractivity contribution in [3.8, 4) is 142 Å². The van der Waals surface area contributed by atoms with Crippen molar-refractivity contribution in [1.29, 1.82) is 0 Å². The number of rotatable bonds is 66. The molecule has 0 fully saturated rings. The van der Waals surface area contributed by atoms with Gasteiger partial charge in [-0.2, -0.15) is 0 Å². The monoisotopic (exact) mass is 1630 g/mol. The van der Waals surface area contributed by atoms with Crippen LogP contribution in [0.25, 0.3) is 0 Å². The molecule has 0 heterocycles. The van der Waals surface area contributed by atoms with Crippen LogP contribution in [0, 0.1) is 142 Å². The molecule has 0 aliphatic carbocycles. The van der Waals surface area contributed by atoms with Gasteiger partial charge >= 0.3 is 21.7 Å². The van der Waals surface area contributed by atoms with Crippen LogP contribution in [0.2, 0.25) is 0 Å². The Hall–Kier alpha value is -8.51. The summed E-state index contributed by atoms with van der Waals surface area (Å²) < 4.78 is 74.1. The summed E-state index contributed by atoms with van der Waals surface area (Å²) in [6.45, 7) is 16.9. The number of carbonyl (C=O) groups is 5. The molecule has 0 aromatic carbocycles. The van der Waals surface area contributed by atoms with Gasteiger partial charge in [0.2, 0.25) is 11.8 Å². The predicted octanol–water partition coefficient (Wildman–Crippen LogP) is 20.3. The quantitative estimate of drug-likeness (QED) is 0.0143. The first-order valence-corrected chi connectivity index (χ1v) is 43.1. The van der Waals surface area contributed by atoms with Gasteiger partial charge in [-0.15, -0.1) is 13.2 Å². The Labute approximate surface area is 709 Å². The van der Waals surface area contributed by atoms with Crippen molar-refractivity contribution in [2.45, 2.75) is 284 Å². The largest absolute Gasteiger partial charge is 0.475 e. The number of unbranched alkanes of at least 4 members (excludes halogenated alkanes) is 24. The highest BCUT2D eigenvalue weighted by atomic mass is 31.2. The summed E-state index contributed by atoms with van der Waals surface area (Å²) in [5, 5.41) is 17.0. The molecule has 0 spiro atoms. The molecule has 0 aliphatic heterocycles. The first kappa shape index (κ1) is 103. The first-order valence-electron chi connectivity index (χ1n) is 40.2. The lowest BCUT2D eigenvalue weighted by Gasteiger charge is -2.23. The van der Waals surface area contributed by atoms with Gasteiger partial charge in [0.25, 0.3) is 11.8 Å². The number of hydrogen-bond acceptors (Lipinski definition) is 15. The van der Waals surface area contributed by atoms with Crippen molar-refractivity contribution in [3.05, 3.63) is 25.3 Å². The second-order valence-corrected chi connectivity index (χ2v) is 29.3. The fourth-order valence-corrected chi connectivity index (χ4v) is 12.7. The number of phosphoric ester groups is 2. The molecule has 660 valence electrons. The van der Waals surface area contributed by atoms with E-state index in [0.717, 1.165) is 116 Å². The number of amides is 6. The molecule has 6 atom stereocenters. The standard InChI is InChI=1S/C89H126N6O15P2.24H2/c1-9-17-23-29-33-37-39-43-47-53-59-65-87(98)94-83(77-103-73-67-81(61-55-49-27-21-13-5)92-85(96)63-57-51-45-41-35-31-25-19-11-3)79-109-111(101,105-71-15-7)107-75-69-90-89(100)91-70-76-108-112(102,106-72-16-8)110-80-84(95-88(99)66-60-54-48-44-40-38-34-30-24-18-10-2)78-104-74-68-82(62-56-50-28-22-14-6)93-86(97)64-58-52-46-42-36-32-26-20-12-4;;;;;;;;;;;;;;;;;;;;;;;;/h15-16,81-84H,7-8,11-14,19-22,25-28,31-32,35-36,41-42,45-46,49-52,55-58,61-64,67-80H2,1-6H3,(H,92,96)(H,93,97)(H,94,98)(H,95,99)(H2,90,91,100);24*1H/t81-,82-,83+,84+,111?,112?;;;;;;;;;;;;;;;;;;;;;;;;/m0......................../s1. The van der Waals surface area contributed by atoms with E-state index in [2.05, 4.69) is 215 Å². The highest BCUT2D eigenvalue weighted by Gasteiger charge is 2.31. The van der Waals surface area contributed by atoms with Gasteiger partial charge in [0, 0.05) is 97.3 Å². The van der Waals surface area contributed by atoms with E-state index >= 15 is 0 Å². The molecular weight excluding hydrogens is 1450 g/mol. The van der Waals surface area contributed by atoms with Gasteiger partial charge in [0.05, 0.1) is 64.9 Å². The maximum atomic E-state index is 14.1. The molecule has 112 heavy (non-hydrogen) atoms. The highest BCUT2D eigenvalue weighted by molar-refractivity contribution is 7.48. The number of ether oxygens (including phenoxy) is 2. The third kappa shape index (κ3) is 69.4. The van der Waals surface area contributed by atoms with Crippen LogP contribution in [0.1, 0.15) is 294 Å². The van der Waals surface area contributed by atoms with Crippen LogP contribution in [0.15, 0.2) is 25.3 Å². The van der Waals surface area contributed by atoms with Crippen molar-refractivity contribution >= 4 is 45.3 Å². The van der Waals surface area contributed by atoms with Crippen molar-refractivity contribution in [2.75, 3.05) is 79.2 Å². The third-order valence-electron chi connectivity index (χ3n) is 16.2. The summed E-state index contributed by atoms with van der Waals surface area (Å²) >= 11 is 0. The topological polar surface area (TPSA) is 266 Å². The zero-order valence-electron chi connectivity index (χ0n) is 67.9. The van der Waals surface area contributed by atoms with E-state index in [1.165, 1.54) is 89.2 Å². The molecule has 0 radical (unpaired) electrons. The third-order valence-corrected chi connectivity index (χ3v) is 19.0. The maximum absolute atomic E-state index is 14.1. The zero-order chi connectivity index (χ0) is 82.0. The molecule has 6 N–H and O–H groups in total. The van der Waals surface area contributed by atoms with Crippen LogP contribution in [-0.2, 0) is 64.9 Å². The Morgan fingerprint density at radius 3 is 0.946 bits per heavy atom. The van der Waals surface area contributed by atoms with Crippen molar-refractivity contribution in [3.63, 3.8) is 0 Å². The number of carbonyl (C=O) groups excluding carboxylic acids is 5. The number of nitrogens with one attached hydrogen (secondary N) is 6. The van der Waals surface area contributed by atoms with Crippen molar-refractivity contribution in [1.82, 2.24) is 31.9 Å². The van der Waals surface area contributed by atoms with Crippen molar-refractivity contribution in [2.24, 2.45) is 0 Å². The van der Waals surface area contributed by atoms with E-state index < -0.39 is 58.8 Å². The van der Waals surface area contributed by atoms with Gasteiger partial charge in [-0.05, 0) is 171 Å². The van der Waals surface area contributed by atoms with Crippen LogP contribution in [-0.4, -0.2) is 133 Å². The molecular formula is C89H174N6O15P2. The fraction of sp³-hybridized carbons (Fsp3) is 0.629. The Morgan fingerprint density at radius 2 is 0.634 bits per heavy atom. The van der Waals surface area contributed by atoms with Gasteiger partial charge in [-0.1, -0.05) is 219 Å². The summed E-state index contributed by atoms with van der Waals surface area (Å²) in [5.74, 6) is 58.7. The van der Waals surface area contributed by atoms with Crippen LogP contribution in [0.4, 0.5) is 4.79 Å². The average molecular weight is 1630 g/mol. The van der Waals surface area contributed by atoms with Crippen LogP contribution < -0.4 is 31.9 Å². The number of urea groups is 1. The van der Waals surface area contributed by atoms with Crippen molar-refractivity contribution < 1.29 is 104 Å². The van der Waals surface area contributed by atoms with Crippen LogP contribution in [0.3, 0.4) is 0 Å². The molecule has 0 rings (SSSR count). The molecule has 0 aromatic rings. The molecule has 6 amide bonds. The lowest BCUT2D eigenvalue weighted by atomic mass is 10.0. The van der Waals surface area contributed by atoms with Gasteiger partial charge in [-0.25, -0.2) is 13.9 Å². The van der Waals surface area contributed by atoms with E-state index in [1.54, 1.807) is 13.8 Å². The molecule has 2 unspecified atom stereocenters. The van der Waals surface area contributed by atoms with Crippen LogP contribution >= 0.6 is 15.6 Å². The molecule has 0 saturated carbocycles. The zero-order valence-corrected chi connectivity index (χ0v) is 69.7. The minimum absolute atomic E-state index is 0. The average Bonchev–Trinajstić information content (AvgIpc) is 0.887. The highest BCUT2D eigenvalue weighted by Crippen LogP contribution is 2.50. The summed E-state index contributed by atoms with van der Waals surface area (Å²) in [7, 11) is -8.86. The van der Waals surface area contributed by atoms with Crippen LogP contribution in [0.5, 0.6) is 0 Å². The molecule has 0 bridgehead atoms. The minimum Gasteiger partial charge on any atom is -0.379 e. The van der Waals surface area contributed by atoms with E-state index in [9.17, 15) is 33.1 Å². The Morgan fingerprint density at radius 1 is 0.339 bits per heavy atom. The van der Waals surface area contributed by atoms with Gasteiger partial charge < -0.3 is 41.4 Å².